The molecular weight excluding hydrogens is 318 g/mol. The van der Waals surface area contributed by atoms with Crippen molar-refractivity contribution in [1.82, 2.24) is 14.5 Å². The first-order chi connectivity index (χ1) is 11.4. The van der Waals surface area contributed by atoms with Gasteiger partial charge in [0.1, 0.15) is 5.82 Å². The highest BCUT2D eigenvalue weighted by molar-refractivity contribution is 6.30. The maximum atomic E-state index is 6.08. The number of hydrogen-bond donors (Lipinski definition) is 0. The molecule has 0 saturated heterocycles. The molecule has 0 saturated carbocycles. The minimum Gasteiger partial charge on any atom is -0.327 e. The van der Waals surface area contributed by atoms with E-state index in [0.717, 1.165) is 39.9 Å². The minimum absolute atomic E-state index is 0.0392. The van der Waals surface area contributed by atoms with E-state index >= 15 is 0 Å². The highest BCUT2D eigenvalue weighted by Gasteiger charge is 2.26. The van der Waals surface area contributed by atoms with Crippen LogP contribution in [0.5, 0.6) is 0 Å². The number of nitrogens with zero attached hydrogens (tertiary/aromatic N) is 3. The van der Waals surface area contributed by atoms with E-state index in [1.807, 2.05) is 36.7 Å². The molecular formula is C20H22ClN3. The van der Waals surface area contributed by atoms with Crippen LogP contribution in [0.3, 0.4) is 0 Å². The number of hydrogen-bond acceptors (Lipinski definition) is 2. The second-order valence-electron chi connectivity index (χ2n) is 6.87. The SMILES string of the molecule is CCn1c(C(C)(C)C)nc(-c2ccncc2)c1-c1ccc(Cl)cc1. The van der Waals surface area contributed by atoms with E-state index in [-0.39, 0.29) is 5.41 Å². The first kappa shape index (κ1) is 16.7. The molecule has 124 valence electrons. The number of rotatable bonds is 3. The molecule has 3 nitrogen and oxygen atoms in total. The smallest absolute Gasteiger partial charge is 0.115 e. The van der Waals surface area contributed by atoms with Crippen molar-refractivity contribution in [2.45, 2.75) is 39.7 Å². The molecule has 0 atom stereocenters. The van der Waals surface area contributed by atoms with Crippen molar-refractivity contribution >= 4 is 11.6 Å². The third-order valence-corrected chi connectivity index (χ3v) is 4.28. The molecule has 0 bridgehead atoms. The van der Waals surface area contributed by atoms with Crippen molar-refractivity contribution in [2.24, 2.45) is 0 Å². The lowest BCUT2D eigenvalue weighted by Gasteiger charge is -2.20. The summed E-state index contributed by atoms with van der Waals surface area (Å²) in [7, 11) is 0. The van der Waals surface area contributed by atoms with Crippen LogP contribution in [0.15, 0.2) is 48.8 Å². The van der Waals surface area contributed by atoms with Gasteiger partial charge in [0.2, 0.25) is 0 Å². The van der Waals surface area contributed by atoms with Gasteiger partial charge in [-0.3, -0.25) is 4.98 Å². The molecule has 1 aromatic carbocycles. The van der Waals surface area contributed by atoms with Crippen molar-refractivity contribution in [3.63, 3.8) is 0 Å². The van der Waals surface area contributed by atoms with Gasteiger partial charge in [0.05, 0.1) is 11.4 Å². The topological polar surface area (TPSA) is 30.7 Å². The quantitative estimate of drug-likeness (QED) is 0.623. The van der Waals surface area contributed by atoms with Gasteiger partial charge in [-0.05, 0) is 31.2 Å². The van der Waals surface area contributed by atoms with Crippen LogP contribution >= 0.6 is 11.6 Å². The zero-order chi connectivity index (χ0) is 17.3. The highest BCUT2D eigenvalue weighted by Crippen LogP contribution is 2.36. The fraction of sp³-hybridized carbons (Fsp3) is 0.300. The summed E-state index contributed by atoms with van der Waals surface area (Å²) in [4.78, 5) is 9.15. The summed E-state index contributed by atoms with van der Waals surface area (Å²) in [6, 6.07) is 12.0. The van der Waals surface area contributed by atoms with Crippen LogP contribution in [-0.2, 0) is 12.0 Å². The first-order valence-electron chi connectivity index (χ1n) is 8.19. The van der Waals surface area contributed by atoms with Gasteiger partial charge < -0.3 is 4.57 Å². The zero-order valence-electron chi connectivity index (χ0n) is 14.5. The summed E-state index contributed by atoms with van der Waals surface area (Å²) >= 11 is 6.08. The van der Waals surface area contributed by atoms with Crippen LogP contribution < -0.4 is 0 Å². The van der Waals surface area contributed by atoms with Crippen LogP contribution in [0, 0.1) is 0 Å². The minimum atomic E-state index is -0.0392. The third kappa shape index (κ3) is 3.09. The van der Waals surface area contributed by atoms with Crippen molar-refractivity contribution in [2.75, 3.05) is 0 Å². The molecule has 0 aliphatic heterocycles. The van der Waals surface area contributed by atoms with Crippen molar-refractivity contribution in [3.8, 4) is 22.5 Å². The Morgan fingerprint density at radius 2 is 1.58 bits per heavy atom. The Kier molecular flexibility index (Phi) is 4.46. The molecule has 3 aromatic rings. The van der Waals surface area contributed by atoms with Crippen LogP contribution in [0.4, 0.5) is 0 Å². The Labute approximate surface area is 148 Å². The predicted molar refractivity (Wildman–Crippen MR) is 100 cm³/mol. The fourth-order valence-electron chi connectivity index (χ4n) is 2.94. The number of halogens is 1. The standard InChI is InChI=1S/C20H22ClN3/c1-5-24-18(15-6-8-16(21)9-7-15)17(14-10-12-22-13-11-14)23-19(24)20(2,3)4/h6-13H,5H2,1-4H3. The molecule has 3 rings (SSSR count). The summed E-state index contributed by atoms with van der Waals surface area (Å²) in [5.74, 6) is 1.08. The second-order valence-corrected chi connectivity index (χ2v) is 7.31. The summed E-state index contributed by atoms with van der Waals surface area (Å²) in [5, 5.41) is 0.739. The van der Waals surface area contributed by atoms with Gasteiger partial charge >= 0.3 is 0 Å². The summed E-state index contributed by atoms with van der Waals surface area (Å²) in [5.41, 5.74) is 4.28. The maximum absolute atomic E-state index is 6.08. The molecule has 0 fully saturated rings. The highest BCUT2D eigenvalue weighted by atomic mass is 35.5. The molecule has 24 heavy (non-hydrogen) atoms. The van der Waals surface area contributed by atoms with E-state index in [9.17, 15) is 0 Å². The largest absolute Gasteiger partial charge is 0.327 e. The second kappa shape index (κ2) is 6.40. The lowest BCUT2D eigenvalue weighted by Crippen LogP contribution is -2.19. The van der Waals surface area contributed by atoms with Gasteiger partial charge in [-0.25, -0.2) is 4.98 Å². The zero-order valence-corrected chi connectivity index (χ0v) is 15.3. The Bertz CT molecular complexity index is 828. The number of imidazole rings is 1. The van der Waals surface area contributed by atoms with E-state index < -0.39 is 0 Å². The fourth-order valence-corrected chi connectivity index (χ4v) is 3.07. The lowest BCUT2D eigenvalue weighted by molar-refractivity contribution is 0.508. The maximum Gasteiger partial charge on any atom is 0.115 e. The molecule has 0 aliphatic rings. The molecule has 2 heterocycles. The Morgan fingerprint density at radius 1 is 0.958 bits per heavy atom. The predicted octanol–water partition coefficient (Wildman–Crippen LogP) is 5.58. The van der Waals surface area contributed by atoms with E-state index in [1.165, 1.54) is 0 Å². The average molecular weight is 340 g/mol. The summed E-state index contributed by atoms with van der Waals surface area (Å²) in [6.45, 7) is 9.62. The van der Waals surface area contributed by atoms with Gasteiger partial charge in [0.15, 0.2) is 0 Å². The summed E-state index contributed by atoms with van der Waals surface area (Å²) < 4.78 is 2.30. The Hall–Kier alpha value is -2.13. The molecule has 2 aromatic heterocycles. The number of aromatic nitrogens is 3. The monoisotopic (exact) mass is 339 g/mol. The van der Waals surface area contributed by atoms with Gasteiger partial charge in [-0.15, -0.1) is 0 Å². The van der Waals surface area contributed by atoms with Crippen LogP contribution in [-0.4, -0.2) is 14.5 Å². The Balaban J connectivity index is 2.31. The normalized spacial score (nSPS) is 11.7. The number of benzene rings is 1. The lowest BCUT2D eigenvalue weighted by atomic mass is 9.95. The van der Waals surface area contributed by atoms with Gasteiger partial charge in [-0.1, -0.05) is 44.5 Å². The number of pyridine rings is 1. The van der Waals surface area contributed by atoms with Gasteiger partial charge in [0, 0.05) is 40.5 Å². The molecule has 0 aliphatic carbocycles. The van der Waals surface area contributed by atoms with Crippen molar-refractivity contribution in [3.05, 3.63) is 59.6 Å². The van der Waals surface area contributed by atoms with Crippen LogP contribution in [0.1, 0.15) is 33.5 Å². The Morgan fingerprint density at radius 3 is 2.12 bits per heavy atom. The summed E-state index contributed by atoms with van der Waals surface area (Å²) in [6.07, 6.45) is 3.62. The van der Waals surface area contributed by atoms with Crippen molar-refractivity contribution in [1.29, 1.82) is 0 Å². The molecule has 0 unspecified atom stereocenters. The van der Waals surface area contributed by atoms with Gasteiger partial charge in [-0.2, -0.15) is 0 Å². The third-order valence-electron chi connectivity index (χ3n) is 4.03. The molecule has 0 N–H and O–H groups in total. The van der Waals surface area contributed by atoms with Crippen LogP contribution in [0.2, 0.25) is 5.02 Å². The average Bonchev–Trinajstić information content (AvgIpc) is 2.96. The first-order valence-corrected chi connectivity index (χ1v) is 8.57. The van der Waals surface area contributed by atoms with E-state index in [0.29, 0.717) is 0 Å². The van der Waals surface area contributed by atoms with Gasteiger partial charge in [0.25, 0.3) is 0 Å². The van der Waals surface area contributed by atoms with E-state index in [2.05, 4.69) is 49.4 Å². The van der Waals surface area contributed by atoms with Crippen molar-refractivity contribution < 1.29 is 0 Å². The molecule has 0 radical (unpaired) electrons. The van der Waals surface area contributed by atoms with Crippen LogP contribution in [0.25, 0.3) is 22.5 Å². The van der Waals surface area contributed by atoms with E-state index in [4.69, 9.17) is 16.6 Å². The molecule has 0 amide bonds. The van der Waals surface area contributed by atoms with E-state index in [1.54, 1.807) is 0 Å². The molecule has 0 spiro atoms. The molecule has 4 heteroatoms.